The van der Waals surface area contributed by atoms with E-state index in [9.17, 15) is 4.79 Å². The standard InChI is InChI=1S/C13H17N5OS/c1-7-6-10(14)4-5-11(7)16-12(19)8(2)20-13-15-9(3)17-18-13/h4-6,8H,14H2,1-3H3,(H,16,19)(H,15,17,18). The van der Waals surface area contributed by atoms with Crippen LogP contribution in [0.1, 0.15) is 18.3 Å². The second-order valence-corrected chi connectivity index (χ2v) is 5.84. The molecule has 20 heavy (non-hydrogen) atoms. The molecule has 1 atom stereocenters. The molecule has 0 saturated carbocycles. The molecule has 0 aliphatic heterocycles. The monoisotopic (exact) mass is 291 g/mol. The first-order chi connectivity index (χ1) is 9.45. The van der Waals surface area contributed by atoms with Gasteiger partial charge in [0.2, 0.25) is 11.1 Å². The van der Waals surface area contributed by atoms with Crippen LogP contribution in [0.15, 0.2) is 23.4 Å². The Bertz CT molecular complexity index is 625. The number of nitrogens with zero attached hydrogens (tertiary/aromatic N) is 2. The summed E-state index contributed by atoms with van der Waals surface area (Å²) in [6, 6.07) is 5.39. The van der Waals surface area contributed by atoms with Crippen molar-refractivity contribution < 1.29 is 4.79 Å². The Morgan fingerprint density at radius 1 is 1.45 bits per heavy atom. The molecule has 0 spiro atoms. The van der Waals surface area contributed by atoms with Crippen LogP contribution in [0.25, 0.3) is 0 Å². The minimum Gasteiger partial charge on any atom is -0.399 e. The van der Waals surface area contributed by atoms with E-state index in [4.69, 9.17) is 5.73 Å². The van der Waals surface area contributed by atoms with E-state index in [1.165, 1.54) is 11.8 Å². The number of aromatic nitrogens is 3. The van der Waals surface area contributed by atoms with Crippen molar-refractivity contribution in [1.82, 2.24) is 15.2 Å². The molecule has 0 aliphatic rings. The smallest absolute Gasteiger partial charge is 0.237 e. The molecule has 2 rings (SSSR count). The van der Waals surface area contributed by atoms with E-state index in [-0.39, 0.29) is 11.2 Å². The van der Waals surface area contributed by atoms with Gasteiger partial charge in [0, 0.05) is 11.4 Å². The number of H-pyrrole nitrogens is 1. The lowest BCUT2D eigenvalue weighted by Gasteiger charge is -2.12. The van der Waals surface area contributed by atoms with E-state index in [0.29, 0.717) is 10.8 Å². The van der Waals surface area contributed by atoms with Gasteiger partial charge >= 0.3 is 0 Å². The molecule has 1 aromatic carbocycles. The second-order valence-electron chi connectivity index (χ2n) is 4.53. The highest BCUT2D eigenvalue weighted by molar-refractivity contribution is 8.00. The molecule has 1 aromatic heterocycles. The molecule has 0 fully saturated rings. The molecule has 2 aromatic rings. The zero-order chi connectivity index (χ0) is 14.7. The van der Waals surface area contributed by atoms with Gasteiger partial charge < -0.3 is 11.1 Å². The minimum atomic E-state index is -0.290. The van der Waals surface area contributed by atoms with Crippen molar-refractivity contribution in [3.63, 3.8) is 0 Å². The summed E-state index contributed by atoms with van der Waals surface area (Å²) in [6.07, 6.45) is 0. The number of nitrogens with one attached hydrogen (secondary N) is 2. The highest BCUT2D eigenvalue weighted by Gasteiger charge is 2.17. The normalized spacial score (nSPS) is 12.2. The molecular formula is C13H17N5OS. The Kier molecular flexibility index (Phi) is 4.29. The Morgan fingerprint density at radius 3 is 2.80 bits per heavy atom. The number of carbonyl (C=O) groups excluding carboxylic acids is 1. The van der Waals surface area contributed by atoms with Gasteiger partial charge in [0.25, 0.3) is 0 Å². The molecule has 1 unspecified atom stereocenters. The lowest BCUT2D eigenvalue weighted by molar-refractivity contribution is -0.115. The van der Waals surface area contributed by atoms with E-state index in [1.807, 2.05) is 26.8 Å². The molecule has 0 bridgehead atoms. The number of rotatable bonds is 4. The Labute approximate surface area is 121 Å². The van der Waals surface area contributed by atoms with Crippen LogP contribution >= 0.6 is 11.8 Å². The summed E-state index contributed by atoms with van der Waals surface area (Å²) >= 11 is 1.31. The minimum absolute atomic E-state index is 0.0923. The van der Waals surface area contributed by atoms with Gasteiger partial charge in [0.15, 0.2) is 0 Å². The van der Waals surface area contributed by atoms with Crippen LogP contribution in [0.2, 0.25) is 0 Å². The van der Waals surface area contributed by atoms with Crippen LogP contribution in [0.4, 0.5) is 11.4 Å². The highest BCUT2D eigenvalue weighted by atomic mass is 32.2. The average Bonchev–Trinajstić information content (AvgIpc) is 2.78. The van der Waals surface area contributed by atoms with Crippen molar-refractivity contribution in [2.24, 2.45) is 0 Å². The van der Waals surface area contributed by atoms with Crippen LogP contribution in [0, 0.1) is 13.8 Å². The van der Waals surface area contributed by atoms with E-state index in [2.05, 4.69) is 20.5 Å². The van der Waals surface area contributed by atoms with Crippen molar-refractivity contribution >= 4 is 29.0 Å². The molecule has 0 radical (unpaired) electrons. The molecule has 1 amide bonds. The molecule has 0 aliphatic carbocycles. The maximum atomic E-state index is 12.1. The van der Waals surface area contributed by atoms with E-state index >= 15 is 0 Å². The predicted molar refractivity (Wildman–Crippen MR) is 80.7 cm³/mol. The Morgan fingerprint density at radius 2 is 2.20 bits per heavy atom. The summed E-state index contributed by atoms with van der Waals surface area (Å²) in [5.74, 6) is 0.639. The third-order valence-electron chi connectivity index (χ3n) is 2.74. The number of anilines is 2. The largest absolute Gasteiger partial charge is 0.399 e. The number of hydrogen-bond acceptors (Lipinski definition) is 5. The quantitative estimate of drug-likeness (QED) is 0.592. The first-order valence-corrected chi connectivity index (χ1v) is 7.06. The summed E-state index contributed by atoms with van der Waals surface area (Å²) in [7, 11) is 0. The van der Waals surface area contributed by atoms with Crippen LogP contribution in [0.5, 0.6) is 0 Å². The van der Waals surface area contributed by atoms with Gasteiger partial charge in [0.05, 0.1) is 5.25 Å². The van der Waals surface area contributed by atoms with Gasteiger partial charge in [-0.15, -0.1) is 5.10 Å². The van der Waals surface area contributed by atoms with Crippen LogP contribution < -0.4 is 11.1 Å². The summed E-state index contributed by atoms with van der Waals surface area (Å²) in [5, 5.41) is 9.92. The molecule has 1 heterocycles. The SMILES string of the molecule is Cc1nc(SC(C)C(=O)Nc2ccc(N)cc2C)n[nH]1. The number of aryl methyl sites for hydroxylation is 2. The van der Waals surface area contributed by atoms with Crippen molar-refractivity contribution in [1.29, 1.82) is 0 Å². The molecule has 106 valence electrons. The van der Waals surface area contributed by atoms with Crippen molar-refractivity contribution in [2.45, 2.75) is 31.2 Å². The zero-order valence-electron chi connectivity index (χ0n) is 11.6. The summed E-state index contributed by atoms with van der Waals surface area (Å²) < 4.78 is 0. The van der Waals surface area contributed by atoms with E-state index < -0.39 is 0 Å². The number of amides is 1. The number of hydrogen-bond donors (Lipinski definition) is 3. The average molecular weight is 291 g/mol. The number of carbonyl (C=O) groups is 1. The first kappa shape index (κ1) is 14.4. The van der Waals surface area contributed by atoms with E-state index in [0.717, 1.165) is 17.1 Å². The number of aromatic amines is 1. The number of nitrogens with two attached hydrogens (primary N) is 1. The second kappa shape index (κ2) is 5.96. The summed E-state index contributed by atoms with van der Waals surface area (Å²) in [6.45, 7) is 5.54. The van der Waals surface area contributed by atoms with E-state index in [1.54, 1.807) is 12.1 Å². The number of nitrogen functional groups attached to an aromatic ring is 1. The maximum absolute atomic E-state index is 12.1. The van der Waals surface area contributed by atoms with Gasteiger partial charge in [-0.2, -0.15) is 0 Å². The van der Waals surface area contributed by atoms with Crippen LogP contribution in [-0.4, -0.2) is 26.3 Å². The fourth-order valence-electron chi connectivity index (χ4n) is 1.65. The van der Waals surface area contributed by atoms with Gasteiger partial charge in [-0.1, -0.05) is 11.8 Å². The Hall–Kier alpha value is -2.02. The molecule has 0 saturated heterocycles. The van der Waals surface area contributed by atoms with Crippen molar-refractivity contribution in [2.75, 3.05) is 11.1 Å². The van der Waals surface area contributed by atoms with Gasteiger partial charge in [-0.3, -0.25) is 9.89 Å². The molecule has 4 N–H and O–H groups in total. The predicted octanol–water partition coefficient (Wildman–Crippen LogP) is 2.12. The first-order valence-electron chi connectivity index (χ1n) is 6.18. The van der Waals surface area contributed by atoms with Crippen molar-refractivity contribution in [3.05, 3.63) is 29.6 Å². The van der Waals surface area contributed by atoms with Crippen LogP contribution in [-0.2, 0) is 4.79 Å². The maximum Gasteiger partial charge on any atom is 0.237 e. The highest BCUT2D eigenvalue weighted by Crippen LogP contribution is 2.22. The zero-order valence-corrected chi connectivity index (χ0v) is 12.4. The molecule has 7 heteroatoms. The van der Waals surface area contributed by atoms with Crippen LogP contribution in [0.3, 0.4) is 0 Å². The fraction of sp³-hybridized carbons (Fsp3) is 0.308. The lowest BCUT2D eigenvalue weighted by atomic mass is 10.2. The summed E-state index contributed by atoms with van der Waals surface area (Å²) in [5.41, 5.74) is 8.07. The fourth-order valence-corrected chi connectivity index (χ4v) is 2.42. The summed E-state index contributed by atoms with van der Waals surface area (Å²) in [4.78, 5) is 16.3. The third-order valence-corrected chi connectivity index (χ3v) is 3.70. The third kappa shape index (κ3) is 3.51. The van der Waals surface area contributed by atoms with Crippen molar-refractivity contribution in [3.8, 4) is 0 Å². The lowest BCUT2D eigenvalue weighted by Crippen LogP contribution is -2.23. The number of benzene rings is 1. The molecule has 6 nitrogen and oxygen atoms in total. The molecular weight excluding hydrogens is 274 g/mol. The van der Waals surface area contributed by atoms with Gasteiger partial charge in [-0.05, 0) is 44.5 Å². The van der Waals surface area contributed by atoms with Gasteiger partial charge in [0.1, 0.15) is 5.82 Å². The topological polar surface area (TPSA) is 96.7 Å². The Balaban J connectivity index is 2.00. The van der Waals surface area contributed by atoms with Gasteiger partial charge in [-0.25, -0.2) is 4.98 Å². The number of thioether (sulfide) groups is 1.